The van der Waals surface area contributed by atoms with Gasteiger partial charge in [0.25, 0.3) is 0 Å². The molecule has 1 unspecified atom stereocenters. The van der Waals surface area contributed by atoms with Crippen LogP contribution >= 0.6 is 11.6 Å². The summed E-state index contributed by atoms with van der Waals surface area (Å²) in [6.45, 7) is 5.38. The number of nitrogens with one attached hydrogen (secondary N) is 1. The Labute approximate surface area is 120 Å². The van der Waals surface area contributed by atoms with E-state index in [4.69, 9.17) is 11.6 Å². The van der Waals surface area contributed by atoms with Gasteiger partial charge in [-0.2, -0.15) is 0 Å². The predicted molar refractivity (Wildman–Crippen MR) is 79.0 cm³/mol. The predicted octanol–water partition coefficient (Wildman–Crippen LogP) is 5.10. The lowest BCUT2D eigenvalue weighted by molar-refractivity contribution is 0.258. The molecule has 1 nitrogen and oxygen atoms in total. The summed E-state index contributed by atoms with van der Waals surface area (Å²) < 4.78 is 13.5. The van der Waals surface area contributed by atoms with Crippen molar-refractivity contribution in [2.24, 2.45) is 5.41 Å². The standard InChI is InChI=1S/C16H23ClFN/c1-3-16(8-4-5-9-16)11-19-12(2)13-6-7-14(17)15(18)10-13/h6-7,10,12,19H,3-5,8-9,11H2,1-2H3. The molecule has 0 radical (unpaired) electrons. The molecule has 0 spiro atoms. The Balaban J connectivity index is 1.96. The Hall–Kier alpha value is -0.600. The van der Waals surface area contributed by atoms with Gasteiger partial charge in [0.1, 0.15) is 5.82 Å². The Kier molecular flexibility index (Phi) is 4.86. The molecule has 1 atom stereocenters. The second-order valence-corrected chi connectivity index (χ2v) is 6.24. The van der Waals surface area contributed by atoms with Gasteiger partial charge in [-0.1, -0.05) is 37.4 Å². The van der Waals surface area contributed by atoms with Crippen LogP contribution in [0.5, 0.6) is 0 Å². The summed E-state index contributed by atoms with van der Waals surface area (Å²) in [5.41, 5.74) is 1.42. The third-order valence-corrected chi connectivity index (χ3v) is 4.95. The van der Waals surface area contributed by atoms with Crippen LogP contribution in [0.2, 0.25) is 5.02 Å². The fraction of sp³-hybridized carbons (Fsp3) is 0.625. The maximum Gasteiger partial charge on any atom is 0.142 e. The first-order valence-corrected chi connectivity index (χ1v) is 7.62. The van der Waals surface area contributed by atoms with Crippen LogP contribution in [-0.4, -0.2) is 6.54 Å². The number of benzene rings is 1. The molecule has 19 heavy (non-hydrogen) atoms. The van der Waals surface area contributed by atoms with Gasteiger partial charge in [-0.3, -0.25) is 0 Å². The van der Waals surface area contributed by atoms with Gasteiger partial charge in [0.15, 0.2) is 0 Å². The van der Waals surface area contributed by atoms with Gasteiger partial charge in [0, 0.05) is 12.6 Å². The Morgan fingerprint density at radius 1 is 1.37 bits per heavy atom. The van der Waals surface area contributed by atoms with Crippen molar-refractivity contribution in [1.29, 1.82) is 0 Å². The van der Waals surface area contributed by atoms with Crippen molar-refractivity contribution in [3.8, 4) is 0 Å². The van der Waals surface area contributed by atoms with Crippen LogP contribution in [0.3, 0.4) is 0 Å². The van der Waals surface area contributed by atoms with Crippen molar-refractivity contribution in [3.63, 3.8) is 0 Å². The summed E-state index contributed by atoms with van der Waals surface area (Å²) in [5.74, 6) is -0.334. The second kappa shape index (κ2) is 6.23. The van der Waals surface area contributed by atoms with Crippen LogP contribution in [0, 0.1) is 11.2 Å². The highest BCUT2D eigenvalue weighted by Gasteiger charge is 2.31. The van der Waals surface area contributed by atoms with Crippen LogP contribution in [-0.2, 0) is 0 Å². The first kappa shape index (κ1) is 14.8. The third-order valence-electron chi connectivity index (χ3n) is 4.64. The van der Waals surface area contributed by atoms with Gasteiger partial charge < -0.3 is 5.32 Å². The molecule has 1 N–H and O–H groups in total. The molecule has 1 aliphatic rings. The van der Waals surface area contributed by atoms with Gasteiger partial charge in [-0.05, 0) is 49.3 Å². The zero-order valence-electron chi connectivity index (χ0n) is 11.8. The van der Waals surface area contributed by atoms with Crippen LogP contribution in [0.1, 0.15) is 57.6 Å². The number of hydrogen-bond acceptors (Lipinski definition) is 1. The maximum atomic E-state index is 13.5. The fourth-order valence-corrected chi connectivity index (χ4v) is 3.17. The lowest BCUT2D eigenvalue weighted by Gasteiger charge is -2.30. The molecule has 0 saturated heterocycles. The van der Waals surface area contributed by atoms with Crippen LogP contribution in [0.15, 0.2) is 18.2 Å². The molecule has 0 aliphatic heterocycles. The zero-order valence-corrected chi connectivity index (χ0v) is 12.6. The van der Waals surface area contributed by atoms with Crippen LogP contribution < -0.4 is 5.32 Å². The summed E-state index contributed by atoms with van der Waals surface area (Å²) in [6, 6.07) is 5.23. The molecule has 3 heteroatoms. The van der Waals surface area contributed by atoms with Crippen LogP contribution in [0.4, 0.5) is 4.39 Å². The monoisotopic (exact) mass is 283 g/mol. The van der Waals surface area contributed by atoms with E-state index in [9.17, 15) is 4.39 Å². The highest BCUT2D eigenvalue weighted by Crippen LogP contribution is 2.40. The number of rotatable bonds is 5. The summed E-state index contributed by atoms with van der Waals surface area (Å²) in [5, 5.41) is 3.76. The van der Waals surface area contributed by atoms with E-state index in [0.29, 0.717) is 5.41 Å². The van der Waals surface area contributed by atoms with Gasteiger partial charge in [-0.25, -0.2) is 4.39 Å². The van der Waals surface area contributed by atoms with Gasteiger partial charge >= 0.3 is 0 Å². The second-order valence-electron chi connectivity index (χ2n) is 5.84. The zero-order chi connectivity index (χ0) is 13.9. The van der Waals surface area contributed by atoms with E-state index in [0.717, 1.165) is 12.1 Å². The van der Waals surface area contributed by atoms with Gasteiger partial charge in [0.05, 0.1) is 5.02 Å². The van der Waals surface area contributed by atoms with Gasteiger partial charge in [0.2, 0.25) is 0 Å². The van der Waals surface area contributed by atoms with E-state index >= 15 is 0 Å². The average molecular weight is 284 g/mol. The largest absolute Gasteiger partial charge is 0.310 e. The van der Waals surface area contributed by atoms with E-state index < -0.39 is 0 Å². The van der Waals surface area contributed by atoms with Crippen molar-refractivity contribution < 1.29 is 4.39 Å². The van der Waals surface area contributed by atoms with Crippen molar-refractivity contribution >= 4 is 11.6 Å². The number of halogens is 2. The molecule has 0 aromatic heterocycles. The maximum absolute atomic E-state index is 13.5. The SMILES string of the molecule is CCC1(CNC(C)c2ccc(Cl)c(F)c2)CCCC1. The van der Waals surface area contributed by atoms with Crippen LogP contribution in [0.25, 0.3) is 0 Å². The quantitative estimate of drug-likeness (QED) is 0.793. The summed E-state index contributed by atoms with van der Waals surface area (Å²) in [6.07, 6.45) is 6.55. The molecule has 1 saturated carbocycles. The molecular formula is C16H23ClFN. The molecule has 0 bridgehead atoms. The summed E-state index contributed by atoms with van der Waals surface area (Å²) in [4.78, 5) is 0. The highest BCUT2D eigenvalue weighted by atomic mass is 35.5. The minimum atomic E-state index is -0.334. The van der Waals surface area contributed by atoms with E-state index in [1.165, 1.54) is 38.2 Å². The molecule has 2 rings (SSSR count). The van der Waals surface area contributed by atoms with Gasteiger partial charge in [-0.15, -0.1) is 0 Å². The van der Waals surface area contributed by atoms with E-state index in [1.807, 2.05) is 6.07 Å². The minimum Gasteiger partial charge on any atom is -0.310 e. The van der Waals surface area contributed by atoms with Crippen molar-refractivity contribution in [1.82, 2.24) is 5.32 Å². The lowest BCUT2D eigenvalue weighted by atomic mass is 9.83. The van der Waals surface area contributed by atoms with E-state index in [2.05, 4.69) is 19.2 Å². The molecular weight excluding hydrogens is 261 g/mol. The minimum absolute atomic E-state index is 0.163. The molecule has 1 fully saturated rings. The fourth-order valence-electron chi connectivity index (χ4n) is 3.05. The molecule has 0 heterocycles. The lowest BCUT2D eigenvalue weighted by Crippen LogP contribution is -2.33. The summed E-state index contributed by atoms with van der Waals surface area (Å²) in [7, 11) is 0. The third kappa shape index (κ3) is 3.49. The van der Waals surface area contributed by atoms with Crippen molar-refractivity contribution in [3.05, 3.63) is 34.6 Å². The average Bonchev–Trinajstić information content (AvgIpc) is 2.89. The topological polar surface area (TPSA) is 12.0 Å². The molecule has 1 aromatic carbocycles. The first-order chi connectivity index (χ1) is 9.06. The Bertz CT molecular complexity index is 427. The molecule has 106 valence electrons. The molecule has 1 aromatic rings. The van der Waals surface area contributed by atoms with Crippen molar-refractivity contribution in [2.75, 3.05) is 6.54 Å². The smallest absolute Gasteiger partial charge is 0.142 e. The Morgan fingerprint density at radius 2 is 2.05 bits per heavy atom. The van der Waals surface area contributed by atoms with Crippen molar-refractivity contribution in [2.45, 2.75) is 52.0 Å². The van der Waals surface area contributed by atoms with E-state index in [-0.39, 0.29) is 16.9 Å². The highest BCUT2D eigenvalue weighted by molar-refractivity contribution is 6.30. The number of hydrogen-bond donors (Lipinski definition) is 1. The first-order valence-electron chi connectivity index (χ1n) is 7.25. The molecule has 0 amide bonds. The van der Waals surface area contributed by atoms with E-state index in [1.54, 1.807) is 6.07 Å². The summed E-state index contributed by atoms with van der Waals surface area (Å²) >= 11 is 5.72. The normalized spacial score (nSPS) is 19.6. The molecule has 1 aliphatic carbocycles. The Morgan fingerprint density at radius 3 is 2.63 bits per heavy atom.